The summed E-state index contributed by atoms with van der Waals surface area (Å²) in [6.45, 7) is 0.357. The summed E-state index contributed by atoms with van der Waals surface area (Å²) in [6.07, 6.45) is 0. The van der Waals surface area contributed by atoms with Crippen molar-refractivity contribution in [2.24, 2.45) is 0 Å². The molecule has 0 spiro atoms. The van der Waals surface area contributed by atoms with Crippen LogP contribution in [0, 0.1) is 0 Å². The Hall–Kier alpha value is -3.88. The average Bonchev–Trinajstić information content (AvgIpc) is 3.31. The van der Waals surface area contributed by atoms with Crippen molar-refractivity contribution in [1.29, 1.82) is 0 Å². The average molecular weight is 378 g/mol. The van der Waals surface area contributed by atoms with Gasteiger partial charge in [0.15, 0.2) is 22.5 Å². The summed E-state index contributed by atoms with van der Waals surface area (Å²) in [4.78, 5) is 28.6. The van der Waals surface area contributed by atoms with Gasteiger partial charge in [-0.3, -0.25) is 9.59 Å². The lowest BCUT2D eigenvalue weighted by Crippen LogP contribution is -2.11. The van der Waals surface area contributed by atoms with Crippen LogP contribution in [0.2, 0.25) is 0 Å². The quantitative estimate of drug-likeness (QED) is 0.574. The minimum absolute atomic E-state index is 0.00336. The van der Waals surface area contributed by atoms with Gasteiger partial charge in [0.05, 0.1) is 24.6 Å². The van der Waals surface area contributed by atoms with E-state index < -0.39 is 11.0 Å². The van der Waals surface area contributed by atoms with Crippen LogP contribution in [0.4, 0.5) is 0 Å². The van der Waals surface area contributed by atoms with Gasteiger partial charge in [-0.1, -0.05) is 17.3 Å². The first-order valence-corrected chi connectivity index (χ1v) is 8.50. The Morgan fingerprint density at radius 2 is 1.89 bits per heavy atom. The van der Waals surface area contributed by atoms with Crippen molar-refractivity contribution >= 4 is 21.9 Å². The van der Waals surface area contributed by atoms with E-state index in [9.17, 15) is 9.59 Å². The zero-order valence-corrected chi connectivity index (χ0v) is 14.8. The van der Waals surface area contributed by atoms with Crippen molar-refractivity contribution in [3.05, 3.63) is 62.5 Å². The molecule has 0 aliphatic carbocycles. The fraction of sp³-hybridized carbons (Fsp3) is 0.158. The Kier molecular flexibility index (Phi) is 3.54. The van der Waals surface area contributed by atoms with Crippen LogP contribution in [-0.2, 0) is 6.54 Å². The van der Waals surface area contributed by atoms with Crippen molar-refractivity contribution in [3.8, 4) is 17.2 Å². The zero-order chi connectivity index (χ0) is 19.3. The van der Waals surface area contributed by atoms with Gasteiger partial charge in [0.1, 0.15) is 5.75 Å². The van der Waals surface area contributed by atoms with Gasteiger partial charge in [-0.15, -0.1) is 5.10 Å². The predicted octanol–water partition coefficient (Wildman–Crippen LogP) is 1.42. The molecule has 0 fully saturated rings. The first kappa shape index (κ1) is 16.3. The molecule has 1 aliphatic rings. The van der Waals surface area contributed by atoms with Crippen molar-refractivity contribution in [2.45, 2.75) is 6.54 Å². The van der Waals surface area contributed by atoms with E-state index >= 15 is 0 Å². The second kappa shape index (κ2) is 6.08. The largest absolute Gasteiger partial charge is 0.497 e. The number of methoxy groups -OCH3 is 1. The molecular formula is C19H14N4O5. The molecule has 9 heteroatoms. The second-order valence-electron chi connectivity index (χ2n) is 6.33. The molecule has 0 amide bonds. The minimum Gasteiger partial charge on any atom is -0.497 e. The Morgan fingerprint density at radius 3 is 2.64 bits per heavy atom. The van der Waals surface area contributed by atoms with Crippen LogP contribution in [-0.4, -0.2) is 33.9 Å². The lowest BCUT2D eigenvalue weighted by molar-refractivity contribution is 0.174. The first-order chi connectivity index (χ1) is 13.6. The number of benzene rings is 2. The molecule has 9 nitrogen and oxygen atoms in total. The van der Waals surface area contributed by atoms with E-state index in [2.05, 4.69) is 15.3 Å². The molecule has 2 aromatic carbocycles. The van der Waals surface area contributed by atoms with E-state index in [4.69, 9.17) is 14.2 Å². The highest BCUT2D eigenvalue weighted by molar-refractivity contribution is 5.89. The summed E-state index contributed by atoms with van der Waals surface area (Å²) < 4.78 is 17.2. The number of fused-ring (bicyclic) bond motifs is 3. The fourth-order valence-electron chi connectivity index (χ4n) is 3.25. The van der Waals surface area contributed by atoms with E-state index in [0.29, 0.717) is 17.0 Å². The molecular weight excluding hydrogens is 364 g/mol. The molecule has 0 bridgehead atoms. The standard InChI is InChI=1S/C19H14N4O5/c1-26-11-4-2-10(3-5-11)8-23-17-16(21-22-23)18(24)12-6-14-15(28-9-27-14)7-13(12)20-19(17)25/h2-7H,8-9H2,1H3,(H,20,25). The topological polar surface area (TPSA) is 108 Å². The molecule has 140 valence electrons. The van der Waals surface area contributed by atoms with E-state index in [1.54, 1.807) is 19.2 Å². The van der Waals surface area contributed by atoms with Crippen LogP contribution in [0.3, 0.4) is 0 Å². The molecule has 0 saturated carbocycles. The molecule has 0 saturated heterocycles. The van der Waals surface area contributed by atoms with Gasteiger partial charge in [-0.05, 0) is 23.8 Å². The third-order valence-electron chi connectivity index (χ3n) is 4.66. The van der Waals surface area contributed by atoms with Crippen LogP contribution in [0.15, 0.2) is 46.0 Å². The number of aromatic amines is 1. The smallest absolute Gasteiger partial charge is 0.276 e. The van der Waals surface area contributed by atoms with Gasteiger partial charge >= 0.3 is 0 Å². The molecule has 5 rings (SSSR count). The van der Waals surface area contributed by atoms with Crippen molar-refractivity contribution in [1.82, 2.24) is 20.0 Å². The van der Waals surface area contributed by atoms with E-state index in [1.807, 2.05) is 24.3 Å². The number of nitrogens with one attached hydrogen (secondary N) is 1. The monoisotopic (exact) mass is 378 g/mol. The van der Waals surface area contributed by atoms with Crippen LogP contribution >= 0.6 is 0 Å². The van der Waals surface area contributed by atoms with Crippen LogP contribution in [0.1, 0.15) is 5.56 Å². The van der Waals surface area contributed by atoms with Crippen molar-refractivity contribution in [3.63, 3.8) is 0 Å². The fourth-order valence-corrected chi connectivity index (χ4v) is 3.25. The molecule has 2 aromatic heterocycles. The first-order valence-electron chi connectivity index (χ1n) is 8.50. The summed E-state index contributed by atoms with van der Waals surface area (Å²) in [7, 11) is 1.59. The highest BCUT2D eigenvalue weighted by Crippen LogP contribution is 2.34. The van der Waals surface area contributed by atoms with E-state index in [-0.39, 0.29) is 29.8 Å². The number of rotatable bonds is 3. The highest BCUT2D eigenvalue weighted by Gasteiger charge is 2.19. The van der Waals surface area contributed by atoms with Crippen molar-refractivity contribution < 1.29 is 14.2 Å². The van der Waals surface area contributed by atoms with Gasteiger partial charge in [0.2, 0.25) is 12.2 Å². The molecule has 3 heterocycles. The summed E-state index contributed by atoms with van der Waals surface area (Å²) in [6, 6.07) is 10.5. The Bertz CT molecular complexity index is 1340. The van der Waals surface area contributed by atoms with Gasteiger partial charge in [-0.25, -0.2) is 4.68 Å². The second-order valence-corrected chi connectivity index (χ2v) is 6.33. The number of hydrogen-bond donors (Lipinski definition) is 1. The summed E-state index contributed by atoms with van der Waals surface area (Å²) in [5, 5.41) is 8.28. The van der Waals surface area contributed by atoms with Gasteiger partial charge < -0.3 is 19.2 Å². The van der Waals surface area contributed by atoms with Crippen LogP contribution < -0.4 is 25.2 Å². The molecule has 0 radical (unpaired) electrons. The highest BCUT2D eigenvalue weighted by atomic mass is 16.7. The van der Waals surface area contributed by atoms with Gasteiger partial charge in [0, 0.05) is 6.07 Å². The van der Waals surface area contributed by atoms with Crippen LogP contribution in [0.5, 0.6) is 17.2 Å². The summed E-state index contributed by atoms with van der Waals surface area (Å²) in [5.41, 5.74) is 0.495. The lowest BCUT2D eigenvalue weighted by Gasteiger charge is -2.03. The third kappa shape index (κ3) is 2.48. The maximum Gasteiger partial charge on any atom is 0.276 e. The number of ether oxygens (including phenoxy) is 3. The molecule has 1 N–H and O–H groups in total. The number of hydrogen-bond acceptors (Lipinski definition) is 7. The van der Waals surface area contributed by atoms with Crippen LogP contribution in [0.25, 0.3) is 21.9 Å². The van der Waals surface area contributed by atoms with Gasteiger partial charge in [-0.2, -0.15) is 0 Å². The molecule has 1 aliphatic heterocycles. The Morgan fingerprint density at radius 1 is 1.14 bits per heavy atom. The summed E-state index contributed by atoms with van der Waals surface area (Å²) in [5.74, 6) is 1.66. The molecule has 4 aromatic rings. The van der Waals surface area contributed by atoms with Gasteiger partial charge in [0.25, 0.3) is 5.56 Å². The maximum atomic E-state index is 13.0. The number of aromatic nitrogens is 4. The lowest BCUT2D eigenvalue weighted by atomic mass is 10.2. The third-order valence-corrected chi connectivity index (χ3v) is 4.66. The molecule has 28 heavy (non-hydrogen) atoms. The van der Waals surface area contributed by atoms with E-state index in [0.717, 1.165) is 11.3 Å². The SMILES string of the molecule is COc1ccc(Cn2nnc3c(=O)c4cc5c(cc4[nH]c(=O)c32)OCO5)cc1. The summed E-state index contributed by atoms with van der Waals surface area (Å²) >= 11 is 0. The Balaban J connectivity index is 1.71. The normalized spacial score (nSPS) is 12.6. The molecule has 0 atom stereocenters. The maximum absolute atomic E-state index is 13.0. The number of H-pyrrole nitrogens is 1. The zero-order valence-electron chi connectivity index (χ0n) is 14.8. The van der Waals surface area contributed by atoms with Crippen molar-refractivity contribution in [2.75, 3.05) is 13.9 Å². The minimum atomic E-state index is -0.459. The predicted molar refractivity (Wildman–Crippen MR) is 100 cm³/mol. The number of nitrogens with zero attached hydrogens (tertiary/aromatic N) is 3. The van der Waals surface area contributed by atoms with E-state index in [1.165, 1.54) is 4.68 Å². The Labute approximate surface area is 157 Å². The molecule has 0 unspecified atom stereocenters.